The van der Waals surface area contributed by atoms with E-state index in [0.717, 1.165) is 4.88 Å². The highest BCUT2D eigenvalue weighted by Crippen LogP contribution is 2.28. The first kappa shape index (κ1) is 11.2. The van der Waals surface area contributed by atoms with E-state index in [1.165, 1.54) is 11.3 Å². The van der Waals surface area contributed by atoms with E-state index >= 15 is 0 Å². The molecule has 0 saturated carbocycles. The number of primary amides is 2. The molecule has 7 heteroatoms. The maximum absolute atomic E-state index is 11.2. The highest BCUT2D eigenvalue weighted by molar-refractivity contribution is 7.13. The van der Waals surface area contributed by atoms with Gasteiger partial charge in [-0.05, 0) is 17.5 Å². The van der Waals surface area contributed by atoms with Gasteiger partial charge in [0, 0.05) is 0 Å². The molecule has 0 spiro atoms. The number of aromatic amines is 1. The van der Waals surface area contributed by atoms with Gasteiger partial charge in [-0.15, -0.1) is 11.3 Å². The molecule has 3 amide bonds. The van der Waals surface area contributed by atoms with Crippen molar-refractivity contribution >= 4 is 29.1 Å². The molecule has 2 aromatic rings. The molecule has 0 aromatic carbocycles. The molecule has 0 bridgehead atoms. The minimum atomic E-state index is -0.757. The number of urea groups is 1. The zero-order valence-electron chi connectivity index (χ0n) is 8.69. The van der Waals surface area contributed by atoms with Gasteiger partial charge in [0.2, 0.25) is 0 Å². The Labute approximate surface area is 101 Å². The number of thiophene rings is 1. The van der Waals surface area contributed by atoms with Gasteiger partial charge in [-0.3, -0.25) is 10.1 Å². The highest BCUT2D eigenvalue weighted by atomic mass is 32.1. The number of rotatable bonds is 3. The quantitative estimate of drug-likeness (QED) is 0.658. The molecule has 17 heavy (non-hydrogen) atoms. The van der Waals surface area contributed by atoms with E-state index in [1.54, 1.807) is 6.07 Å². The molecular formula is C10H10N4O2S. The van der Waals surface area contributed by atoms with Gasteiger partial charge < -0.3 is 16.5 Å². The average Bonchev–Trinajstić information content (AvgIpc) is 2.82. The summed E-state index contributed by atoms with van der Waals surface area (Å²) in [6.07, 6.45) is 0. The van der Waals surface area contributed by atoms with Crippen molar-refractivity contribution in [1.29, 1.82) is 0 Å². The van der Waals surface area contributed by atoms with Crippen molar-refractivity contribution in [2.24, 2.45) is 11.5 Å². The van der Waals surface area contributed by atoms with Crippen LogP contribution in [0.1, 0.15) is 10.4 Å². The predicted octanol–water partition coefficient (Wildman–Crippen LogP) is 1.33. The van der Waals surface area contributed by atoms with Crippen molar-refractivity contribution in [3.8, 4) is 10.6 Å². The number of aromatic nitrogens is 1. The molecule has 0 saturated heterocycles. The third-order valence-electron chi connectivity index (χ3n) is 2.12. The van der Waals surface area contributed by atoms with E-state index in [1.807, 2.05) is 17.5 Å². The number of amides is 3. The van der Waals surface area contributed by atoms with Crippen molar-refractivity contribution in [3.63, 3.8) is 0 Å². The maximum atomic E-state index is 11.2. The van der Waals surface area contributed by atoms with Crippen LogP contribution in [-0.4, -0.2) is 16.9 Å². The minimum Gasteiger partial charge on any atom is -0.365 e. The number of nitrogens with two attached hydrogens (primary N) is 2. The third kappa shape index (κ3) is 2.28. The zero-order chi connectivity index (χ0) is 12.4. The standard InChI is InChI=1S/C10H10N4O2S/c11-8(15)5-4-6(7-2-1-3-17-7)13-9(5)14-10(12)16/h1-4,13H,(H2,11,15)(H3,12,14,16). The van der Waals surface area contributed by atoms with E-state index < -0.39 is 11.9 Å². The van der Waals surface area contributed by atoms with Gasteiger partial charge in [-0.2, -0.15) is 0 Å². The number of hydrogen-bond acceptors (Lipinski definition) is 3. The molecule has 2 rings (SSSR count). The van der Waals surface area contributed by atoms with E-state index in [4.69, 9.17) is 11.5 Å². The third-order valence-corrected chi connectivity index (χ3v) is 3.02. The molecular weight excluding hydrogens is 240 g/mol. The van der Waals surface area contributed by atoms with Crippen LogP contribution in [0.4, 0.5) is 10.6 Å². The molecule has 0 aliphatic carbocycles. The summed E-state index contributed by atoms with van der Waals surface area (Å²) < 4.78 is 0. The van der Waals surface area contributed by atoms with Crippen LogP contribution >= 0.6 is 11.3 Å². The molecule has 6 nitrogen and oxygen atoms in total. The normalized spacial score (nSPS) is 10.1. The van der Waals surface area contributed by atoms with Crippen molar-refractivity contribution < 1.29 is 9.59 Å². The lowest BCUT2D eigenvalue weighted by Crippen LogP contribution is -2.22. The summed E-state index contributed by atoms with van der Waals surface area (Å²) in [5.41, 5.74) is 11.1. The van der Waals surface area contributed by atoms with Crippen molar-refractivity contribution in [2.75, 3.05) is 5.32 Å². The molecule has 0 radical (unpaired) electrons. The van der Waals surface area contributed by atoms with Gasteiger partial charge >= 0.3 is 6.03 Å². The Hall–Kier alpha value is -2.28. The minimum absolute atomic E-state index is 0.201. The molecule has 0 fully saturated rings. The predicted molar refractivity (Wildman–Crippen MR) is 65.8 cm³/mol. The summed E-state index contributed by atoms with van der Waals surface area (Å²) in [5, 5.41) is 4.23. The van der Waals surface area contributed by atoms with Crippen molar-refractivity contribution in [1.82, 2.24) is 4.98 Å². The lowest BCUT2D eigenvalue weighted by atomic mass is 10.2. The number of carbonyl (C=O) groups is 2. The van der Waals surface area contributed by atoms with Gasteiger partial charge in [-0.1, -0.05) is 6.07 Å². The fraction of sp³-hybridized carbons (Fsp3) is 0. The monoisotopic (exact) mass is 250 g/mol. The summed E-state index contributed by atoms with van der Waals surface area (Å²) in [6.45, 7) is 0. The van der Waals surface area contributed by atoms with Gasteiger partial charge in [0.05, 0.1) is 16.1 Å². The van der Waals surface area contributed by atoms with Gasteiger partial charge in [0.25, 0.3) is 5.91 Å². The molecule has 6 N–H and O–H groups in total. The molecule has 0 atom stereocenters. The highest BCUT2D eigenvalue weighted by Gasteiger charge is 2.15. The number of H-pyrrole nitrogens is 1. The van der Waals surface area contributed by atoms with Crippen LogP contribution in [-0.2, 0) is 0 Å². The first-order valence-electron chi connectivity index (χ1n) is 4.71. The lowest BCUT2D eigenvalue weighted by molar-refractivity contribution is 0.100. The van der Waals surface area contributed by atoms with E-state index in [0.29, 0.717) is 5.69 Å². The largest absolute Gasteiger partial charge is 0.365 e. The molecule has 88 valence electrons. The number of anilines is 1. The van der Waals surface area contributed by atoms with Crippen LogP contribution in [0.5, 0.6) is 0 Å². The van der Waals surface area contributed by atoms with Crippen LogP contribution < -0.4 is 16.8 Å². The van der Waals surface area contributed by atoms with Crippen LogP contribution in [0.3, 0.4) is 0 Å². The fourth-order valence-corrected chi connectivity index (χ4v) is 2.13. The second-order valence-electron chi connectivity index (χ2n) is 3.30. The summed E-state index contributed by atoms with van der Waals surface area (Å²) in [7, 11) is 0. The van der Waals surface area contributed by atoms with Crippen LogP contribution in [0.15, 0.2) is 23.6 Å². The summed E-state index contributed by atoms with van der Waals surface area (Å²) >= 11 is 1.50. The lowest BCUT2D eigenvalue weighted by Gasteiger charge is -1.99. The van der Waals surface area contributed by atoms with Crippen molar-refractivity contribution in [3.05, 3.63) is 29.1 Å². The van der Waals surface area contributed by atoms with Gasteiger partial charge in [0.15, 0.2) is 0 Å². The average molecular weight is 250 g/mol. The topological polar surface area (TPSA) is 114 Å². The van der Waals surface area contributed by atoms with Crippen molar-refractivity contribution in [2.45, 2.75) is 0 Å². The molecule has 0 unspecified atom stereocenters. The second kappa shape index (κ2) is 4.30. The Morgan fingerprint density at radius 3 is 2.65 bits per heavy atom. The van der Waals surface area contributed by atoms with E-state index in [9.17, 15) is 9.59 Å². The van der Waals surface area contributed by atoms with E-state index in [2.05, 4.69) is 10.3 Å². The Morgan fingerprint density at radius 2 is 2.12 bits per heavy atom. The fourth-order valence-electron chi connectivity index (χ4n) is 1.44. The van der Waals surface area contributed by atoms with Gasteiger partial charge in [0.1, 0.15) is 5.82 Å². The SMILES string of the molecule is NC(=O)Nc1[nH]c(-c2cccs2)cc1C(N)=O. The second-order valence-corrected chi connectivity index (χ2v) is 4.25. The molecule has 2 heterocycles. The first-order chi connectivity index (χ1) is 8.08. The zero-order valence-corrected chi connectivity index (χ0v) is 9.51. The number of hydrogen-bond donors (Lipinski definition) is 4. The summed E-state index contributed by atoms with van der Waals surface area (Å²) in [6, 6.07) is 4.59. The molecule has 0 aliphatic rings. The Morgan fingerprint density at radius 1 is 1.35 bits per heavy atom. The van der Waals surface area contributed by atoms with Crippen LogP contribution in [0.25, 0.3) is 10.6 Å². The Balaban J connectivity index is 2.44. The Bertz CT molecular complexity index is 559. The van der Waals surface area contributed by atoms with Crippen LogP contribution in [0, 0.1) is 0 Å². The molecule has 2 aromatic heterocycles. The Kier molecular flexibility index (Phi) is 2.84. The van der Waals surface area contributed by atoms with E-state index in [-0.39, 0.29) is 11.4 Å². The number of nitrogens with one attached hydrogen (secondary N) is 2. The molecule has 0 aliphatic heterocycles. The summed E-state index contributed by atoms with van der Waals surface area (Å²) in [5.74, 6) is -0.416. The first-order valence-corrected chi connectivity index (χ1v) is 5.59. The number of carbonyl (C=O) groups excluding carboxylic acids is 2. The summed E-state index contributed by atoms with van der Waals surface area (Å²) in [4.78, 5) is 25.8. The smallest absolute Gasteiger partial charge is 0.317 e. The van der Waals surface area contributed by atoms with Gasteiger partial charge in [-0.25, -0.2) is 4.79 Å². The maximum Gasteiger partial charge on any atom is 0.317 e. The van der Waals surface area contributed by atoms with Crippen LogP contribution in [0.2, 0.25) is 0 Å².